The number of hydrogen-bond donors (Lipinski definition) is 0. The van der Waals surface area contributed by atoms with Crippen LogP contribution in [0.4, 0.5) is 22.0 Å². The maximum Gasteiger partial charge on any atom is 0.400 e. The molecule has 0 aromatic heterocycles. The number of halogens is 5. The topological polar surface area (TPSA) is 9.23 Å². The normalized spacial score (nSPS) is 31.3. The Labute approximate surface area is 153 Å². The first-order valence-corrected chi connectivity index (χ1v) is 9.32. The van der Waals surface area contributed by atoms with Gasteiger partial charge in [-0.25, -0.2) is 13.2 Å². The number of alkyl halides is 2. The predicted molar refractivity (Wildman–Crippen MR) is 88.5 cm³/mol. The van der Waals surface area contributed by atoms with Crippen molar-refractivity contribution in [1.82, 2.24) is 0 Å². The minimum atomic E-state index is -3.78. The van der Waals surface area contributed by atoms with E-state index in [1.165, 1.54) is 12.8 Å². The van der Waals surface area contributed by atoms with Gasteiger partial charge in [0.2, 0.25) is 0 Å². The lowest BCUT2D eigenvalue weighted by molar-refractivity contribution is -0.224. The molecule has 0 unspecified atom stereocenters. The van der Waals surface area contributed by atoms with E-state index in [0.717, 1.165) is 18.8 Å². The Kier molecular flexibility index (Phi) is 5.00. The molecular weight excluding hydrogens is 351 g/mol. The summed E-state index contributed by atoms with van der Waals surface area (Å²) in [6.45, 7) is 2.23. The van der Waals surface area contributed by atoms with E-state index in [4.69, 9.17) is 2.74 Å². The molecule has 0 spiro atoms. The second kappa shape index (κ2) is 7.73. The molecule has 1 nitrogen and oxygen atoms in total. The van der Waals surface area contributed by atoms with Gasteiger partial charge in [-0.15, -0.1) is 0 Å². The molecule has 2 aliphatic rings. The lowest BCUT2D eigenvalue weighted by atomic mass is 9.69. The van der Waals surface area contributed by atoms with Crippen LogP contribution in [0.1, 0.15) is 61.0 Å². The van der Waals surface area contributed by atoms with Crippen LogP contribution in [0, 0.1) is 41.1 Å². The van der Waals surface area contributed by atoms with E-state index in [0.29, 0.717) is 24.7 Å². The van der Waals surface area contributed by atoms with Gasteiger partial charge in [-0.2, -0.15) is 8.78 Å². The minimum Gasteiger partial charge on any atom is -0.432 e. The summed E-state index contributed by atoms with van der Waals surface area (Å²) in [5.74, 6) is -6.64. The van der Waals surface area contributed by atoms with Crippen molar-refractivity contribution >= 4 is 0 Å². The molecule has 0 heterocycles. The summed E-state index contributed by atoms with van der Waals surface area (Å²) in [7, 11) is 0. The first kappa shape index (κ1) is 16.8. The molecule has 0 radical (unpaired) electrons. The van der Waals surface area contributed by atoms with Crippen molar-refractivity contribution in [1.29, 1.82) is 0 Å². The van der Waals surface area contributed by atoms with Crippen molar-refractivity contribution in [2.75, 3.05) is 0 Å². The van der Waals surface area contributed by atoms with Crippen molar-refractivity contribution < 1.29 is 29.4 Å². The van der Waals surface area contributed by atoms with E-state index in [9.17, 15) is 22.0 Å². The highest BCUT2D eigenvalue weighted by atomic mass is 19.3. The van der Waals surface area contributed by atoms with E-state index in [1.54, 1.807) is 0 Å². The van der Waals surface area contributed by atoms with Gasteiger partial charge in [0.05, 0.1) is 8.66 Å². The number of rotatable bonds is 4. The van der Waals surface area contributed by atoms with Crippen LogP contribution in [0.3, 0.4) is 0 Å². The summed E-state index contributed by atoms with van der Waals surface area (Å²) in [5.41, 5.74) is 0. The largest absolute Gasteiger partial charge is 0.432 e. The molecule has 146 valence electrons. The fraction of sp³-hybridized carbons (Fsp3) is 0.700. The Hall–Kier alpha value is -1.33. The average molecular weight is 378 g/mol. The molecular formula is C20H25F5O. The summed E-state index contributed by atoms with van der Waals surface area (Å²) in [4.78, 5) is 0. The zero-order valence-corrected chi connectivity index (χ0v) is 14.8. The fourth-order valence-corrected chi connectivity index (χ4v) is 4.39. The monoisotopic (exact) mass is 378 g/mol. The van der Waals surface area contributed by atoms with Crippen molar-refractivity contribution in [3.05, 3.63) is 29.5 Å². The second-order valence-corrected chi connectivity index (χ2v) is 7.82. The van der Waals surface area contributed by atoms with Gasteiger partial charge in [0.15, 0.2) is 17.5 Å². The maximum atomic E-state index is 14.6. The zero-order valence-electron chi connectivity index (χ0n) is 16.8. The van der Waals surface area contributed by atoms with Crippen molar-refractivity contribution in [3.8, 4) is 5.75 Å². The summed E-state index contributed by atoms with van der Waals surface area (Å²) in [6, 6.07) is -2.73. The molecule has 1 aromatic carbocycles. The molecule has 2 saturated carbocycles. The van der Waals surface area contributed by atoms with Crippen molar-refractivity contribution in [2.45, 2.75) is 64.4 Å². The minimum absolute atomic E-state index is 0.205. The molecule has 2 fully saturated rings. The highest BCUT2D eigenvalue weighted by molar-refractivity contribution is 5.25. The van der Waals surface area contributed by atoms with Crippen LogP contribution in [0.25, 0.3) is 0 Å². The average Bonchev–Trinajstić information content (AvgIpc) is 2.69. The van der Waals surface area contributed by atoms with Gasteiger partial charge >= 0.3 is 6.11 Å². The fourth-order valence-electron chi connectivity index (χ4n) is 4.39. The lowest BCUT2D eigenvalue weighted by Gasteiger charge is -2.38. The van der Waals surface area contributed by atoms with Gasteiger partial charge in [0.1, 0.15) is 5.75 Å². The van der Waals surface area contributed by atoms with E-state index in [1.807, 2.05) is 0 Å². The molecule has 0 aliphatic heterocycles. The third kappa shape index (κ3) is 4.32. The lowest BCUT2D eigenvalue weighted by Crippen LogP contribution is -2.38. The van der Waals surface area contributed by atoms with Gasteiger partial charge in [0, 0.05) is 12.1 Å². The van der Waals surface area contributed by atoms with Crippen LogP contribution >= 0.6 is 0 Å². The zero-order chi connectivity index (χ0) is 20.6. The Morgan fingerprint density at radius 1 is 0.885 bits per heavy atom. The summed E-state index contributed by atoms with van der Waals surface area (Å²) < 4.78 is 88.7. The smallest absolute Gasteiger partial charge is 0.400 e. The van der Waals surface area contributed by atoms with Crippen LogP contribution in [-0.2, 0) is 0 Å². The van der Waals surface area contributed by atoms with Crippen molar-refractivity contribution in [2.24, 2.45) is 23.7 Å². The molecule has 2 aliphatic carbocycles. The molecule has 1 aromatic rings. The van der Waals surface area contributed by atoms with E-state index < -0.39 is 47.3 Å². The van der Waals surface area contributed by atoms with Gasteiger partial charge < -0.3 is 4.74 Å². The first-order valence-electron chi connectivity index (χ1n) is 10.3. The standard InChI is InChI=1S/C20H25F5O/c1-12-2-4-13(5-3-12)14-6-8-15(9-7-14)20(24,25)26-16-10-17(21)19(23)18(22)11-16/h10-15H,2-9H2,1H3/i10D,11D. The van der Waals surface area contributed by atoms with E-state index in [2.05, 4.69) is 11.7 Å². The number of ether oxygens (including phenoxy) is 1. The second-order valence-electron chi connectivity index (χ2n) is 7.82. The van der Waals surface area contributed by atoms with Crippen LogP contribution < -0.4 is 4.74 Å². The Morgan fingerprint density at radius 3 is 1.85 bits per heavy atom. The highest BCUT2D eigenvalue weighted by Gasteiger charge is 2.45. The van der Waals surface area contributed by atoms with Crippen LogP contribution in [0.2, 0.25) is 0 Å². The SMILES string of the molecule is [2H]c1c(F)c(F)c(F)c([2H])c1OC(F)(F)C1CCC(C2CCC(C)CC2)CC1. The van der Waals surface area contributed by atoms with Gasteiger partial charge in [-0.3, -0.25) is 0 Å². The Morgan fingerprint density at radius 2 is 1.35 bits per heavy atom. The molecule has 3 rings (SSSR count). The third-order valence-corrected chi connectivity index (χ3v) is 6.04. The Bertz CT molecular complexity index is 682. The summed E-state index contributed by atoms with van der Waals surface area (Å²) in [6.07, 6.45) is 2.49. The molecule has 0 saturated heterocycles. The van der Waals surface area contributed by atoms with Crippen LogP contribution in [0.5, 0.6) is 5.75 Å². The van der Waals surface area contributed by atoms with Crippen LogP contribution in [-0.4, -0.2) is 6.11 Å². The molecule has 6 heteroatoms. The maximum absolute atomic E-state index is 14.6. The van der Waals surface area contributed by atoms with Gasteiger partial charge in [0.25, 0.3) is 0 Å². The van der Waals surface area contributed by atoms with Crippen LogP contribution in [0.15, 0.2) is 12.1 Å². The van der Waals surface area contributed by atoms with Gasteiger partial charge in [-0.05, 0) is 56.3 Å². The molecule has 26 heavy (non-hydrogen) atoms. The predicted octanol–water partition coefficient (Wildman–Crippen LogP) is 6.71. The third-order valence-electron chi connectivity index (χ3n) is 6.04. The summed E-state index contributed by atoms with van der Waals surface area (Å²) in [5, 5.41) is 0. The Balaban J connectivity index is 1.67. The van der Waals surface area contributed by atoms with Crippen molar-refractivity contribution in [3.63, 3.8) is 0 Å². The first-order chi connectivity index (χ1) is 13.1. The highest BCUT2D eigenvalue weighted by Crippen LogP contribution is 2.45. The van der Waals surface area contributed by atoms with Gasteiger partial charge in [-0.1, -0.05) is 19.8 Å². The molecule has 0 N–H and O–H groups in total. The van der Waals surface area contributed by atoms with E-state index in [-0.39, 0.29) is 12.8 Å². The number of benzene rings is 1. The molecule has 0 atom stereocenters. The quantitative estimate of drug-likeness (QED) is 0.418. The summed E-state index contributed by atoms with van der Waals surface area (Å²) >= 11 is 0. The molecule has 0 amide bonds. The molecule has 0 bridgehead atoms. The van der Waals surface area contributed by atoms with E-state index >= 15 is 0 Å². The number of hydrogen-bond acceptors (Lipinski definition) is 1.